The highest BCUT2D eigenvalue weighted by molar-refractivity contribution is 5.32. The number of benzene rings is 2. The van der Waals surface area contributed by atoms with Crippen LogP contribution < -0.4 is 10.1 Å². The van der Waals surface area contributed by atoms with Crippen LogP contribution >= 0.6 is 0 Å². The summed E-state index contributed by atoms with van der Waals surface area (Å²) in [6, 6.07) is 10.2. The maximum atomic E-state index is 13.8. The van der Waals surface area contributed by atoms with Crippen LogP contribution in [-0.2, 0) is 13.2 Å². The molecule has 106 valence electrons. The van der Waals surface area contributed by atoms with E-state index in [2.05, 4.69) is 5.32 Å². The highest BCUT2D eigenvalue weighted by atomic mass is 19.1. The molecule has 0 radical (unpaired) electrons. The molecule has 0 atom stereocenters. The van der Waals surface area contributed by atoms with Gasteiger partial charge in [0.2, 0.25) is 0 Å². The number of rotatable bonds is 5. The summed E-state index contributed by atoms with van der Waals surface area (Å²) >= 11 is 0. The minimum Gasteiger partial charge on any atom is -0.483 e. The highest BCUT2D eigenvalue weighted by Crippen LogP contribution is 2.24. The lowest BCUT2D eigenvalue weighted by Gasteiger charge is -2.11. The normalized spacial score (nSPS) is 10.6. The van der Waals surface area contributed by atoms with Crippen LogP contribution in [0.25, 0.3) is 0 Å². The van der Waals surface area contributed by atoms with Gasteiger partial charge in [0.15, 0.2) is 17.4 Å². The first-order valence-electron chi connectivity index (χ1n) is 6.41. The van der Waals surface area contributed by atoms with Gasteiger partial charge in [-0.1, -0.05) is 24.3 Å². The zero-order valence-electron chi connectivity index (χ0n) is 11.5. The van der Waals surface area contributed by atoms with Crippen molar-refractivity contribution in [3.8, 4) is 5.75 Å². The number of ether oxygens (including phenoxy) is 1. The van der Waals surface area contributed by atoms with Crippen LogP contribution in [0.1, 0.15) is 16.7 Å². The number of halogens is 2. The van der Waals surface area contributed by atoms with Crippen molar-refractivity contribution in [2.45, 2.75) is 20.1 Å². The molecule has 0 aliphatic rings. The third-order valence-corrected chi connectivity index (χ3v) is 3.07. The molecule has 0 aliphatic carbocycles. The number of nitrogens with one attached hydrogen (secondary N) is 1. The summed E-state index contributed by atoms with van der Waals surface area (Å²) in [5, 5.41) is 2.85. The number of aryl methyl sites for hydroxylation is 1. The van der Waals surface area contributed by atoms with E-state index in [1.54, 1.807) is 7.05 Å². The molecule has 2 aromatic rings. The zero-order valence-corrected chi connectivity index (χ0v) is 11.5. The van der Waals surface area contributed by atoms with E-state index in [9.17, 15) is 8.78 Å². The average molecular weight is 277 g/mol. The first-order chi connectivity index (χ1) is 9.61. The quantitative estimate of drug-likeness (QED) is 0.902. The van der Waals surface area contributed by atoms with Crippen LogP contribution in [0.4, 0.5) is 8.78 Å². The summed E-state index contributed by atoms with van der Waals surface area (Å²) in [5.74, 6) is -1.68. The van der Waals surface area contributed by atoms with Gasteiger partial charge in [0.1, 0.15) is 6.61 Å². The molecule has 0 aromatic heterocycles. The van der Waals surface area contributed by atoms with E-state index in [4.69, 9.17) is 4.74 Å². The summed E-state index contributed by atoms with van der Waals surface area (Å²) in [6.07, 6.45) is 0. The highest BCUT2D eigenvalue weighted by Gasteiger charge is 2.13. The molecule has 0 saturated carbocycles. The second kappa shape index (κ2) is 6.48. The molecule has 0 heterocycles. The standard InChI is InChI=1S/C16H17F2NO/c1-11-5-3-4-6-13(11)10-20-16-14(17)7-12(9-19-2)8-15(16)18/h3-8,19H,9-10H2,1-2H3. The van der Waals surface area contributed by atoms with E-state index in [1.807, 2.05) is 31.2 Å². The van der Waals surface area contributed by atoms with Crippen molar-refractivity contribution >= 4 is 0 Å². The lowest BCUT2D eigenvalue weighted by atomic mass is 10.1. The molecule has 0 amide bonds. The minimum atomic E-state index is -0.677. The van der Waals surface area contributed by atoms with Crippen LogP contribution in [-0.4, -0.2) is 7.05 Å². The molecule has 0 spiro atoms. The summed E-state index contributed by atoms with van der Waals surface area (Å²) in [7, 11) is 1.72. The maximum Gasteiger partial charge on any atom is 0.191 e. The Morgan fingerprint density at radius 1 is 1.10 bits per heavy atom. The fraction of sp³-hybridized carbons (Fsp3) is 0.250. The molecule has 1 N–H and O–H groups in total. The van der Waals surface area contributed by atoms with E-state index in [1.165, 1.54) is 12.1 Å². The minimum absolute atomic E-state index is 0.145. The van der Waals surface area contributed by atoms with E-state index in [-0.39, 0.29) is 12.4 Å². The molecular weight excluding hydrogens is 260 g/mol. The van der Waals surface area contributed by atoms with Gasteiger partial charge in [-0.2, -0.15) is 0 Å². The smallest absolute Gasteiger partial charge is 0.191 e. The molecule has 2 rings (SSSR count). The predicted octanol–water partition coefficient (Wildman–Crippen LogP) is 3.57. The van der Waals surface area contributed by atoms with Crippen LogP contribution in [0.15, 0.2) is 36.4 Å². The Labute approximate surface area is 117 Å². The van der Waals surface area contributed by atoms with E-state index in [0.717, 1.165) is 11.1 Å². The molecule has 2 nitrogen and oxygen atoms in total. The first kappa shape index (κ1) is 14.5. The number of hydrogen-bond donors (Lipinski definition) is 1. The third kappa shape index (κ3) is 3.33. The summed E-state index contributed by atoms with van der Waals surface area (Å²) in [5.41, 5.74) is 2.48. The summed E-state index contributed by atoms with van der Waals surface area (Å²) < 4.78 is 33.0. The molecule has 0 fully saturated rings. The van der Waals surface area contributed by atoms with Crippen LogP contribution in [0.2, 0.25) is 0 Å². The second-order valence-corrected chi connectivity index (χ2v) is 4.63. The average Bonchev–Trinajstić information content (AvgIpc) is 2.40. The van der Waals surface area contributed by atoms with Crippen molar-refractivity contribution in [3.05, 3.63) is 64.7 Å². The SMILES string of the molecule is CNCc1cc(F)c(OCc2ccccc2C)c(F)c1. The first-order valence-corrected chi connectivity index (χ1v) is 6.41. The fourth-order valence-corrected chi connectivity index (χ4v) is 1.98. The Hall–Kier alpha value is -1.94. The van der Waals surface area contributed by atoms with Gasteiger partial charge in [-0.05, 0) is 42.8 Å². The lowest BCUT2D eigenvalue weighted by Crippen LogP contribution is -2.07. The molecule has 0 unspecified atom stereocenters. The van der Waals surface area contributed by atoms with Crippen molar-refractivity contribution in [3.63, 3.8) is 0 Å². The molecule has 0 aliphatic heterocycles. The monoisotopic (exact) mass is 277 g/mol. The van der Waals surface area contributed by atoms with Gasteiger partial charge < -0.3 is 10.1 Å². The Kier molecular flexibility index (Phi) is 4.69. The van der Waals surface area contributed by atoms with E-state index >= 15 is 0 Å². The molecular formula is C16H17F2NO. The molecule has 4 heteroatoms. The Morgan fingerprint density at radius 3 is 2.35 bits per heavy atom. The van der Waals surface area contributed by atoms with Crippen molar-refractivity contribution < 1.29 is 13.5 Å². The maximum absolute atomic E-state index is 13.8. The van der Waals surface area contributed by atoms with Crippen LogP contribution in [0.5, 0.6) is 5.75 Å². The van der Waals surface area contributed by atoms with Gasteiger partial charge in [0, 0.05) is 6.54 Å². The Morgan fingerprint density at radius 2 is 1.75 bits per heavy atom. The predicted molar refractivity (Wildman–Crippen MR) is 74.6 cm³/mol. The molecule has 0 bridgehead atoms. The second-order valence-electron chi connectivity index (χ2n) is 4.63. The van der Waals surface area contributed by atoms with Crippen LogP contribution in [0.3, 0.4) is 0 Å². The van der Waals surface area contributed by atoms with Gasteiger partial charge in [0.25, 0.3) is 0 Å². The molecule has 2 aromatic carbocycles. The fourth-order valence-electron chi connectivity index (χ4n) is 1.98. The van der Waals surface area contributed by atoms with Gasteiger partial charge in [-0.15, -0.1) is 0 Å². The van der Waals surface area contributed by atoms with E-state index in [0.29, 0.717) is 12.1 Å². The van der Waals surface area contributed by atoms with Crippen molar-refractivity contribution in [2.75, 3.05) is 7.05 Å². The largest absolute Gasteiger partial charge is 0.483 e. The van der Waals surface area contributed by atoms with Gasteiger partial charge >= 0.3 is 0 Å². The number of hydrogen-bond acceptors (Lipinski definition) is 2. The molecule has 0 saturated heterocycles. The van der Waals surface area contributed by atoms with Crippen molar-refractivity contribution in [1.82, 2.24) is 5.32 Å². The van der Waals surface area contributed by atoms with Gasteiger partial charge in [-0.25, -0.2) is 8.78 Å². The Bertz CT molecular complexity index is 576. The van der Waals surface area contributed by atoms with Crippen LogP contribution in [0, 0.1) is 18.6 Å². The zero-order chi connectivity index (χ0) is 14.5. The summed E-state index contributed by atoms with van der Waals surface area (Å²) in [6.45, 7) is 2.49. The van der Waals surface area contributed by atoms with E-state index < -0.39 is 11.6 Å². The lowest BCUT2D eigenvalue weighted by molar-refractivity contribution is 0.273. The summed E-state index contributed by atoms with van der Waals surface area (Å²) in [4.78, 5) is 0. The molecule has 20 heavy (non-hydrogen) atoms. The van der Waals surface area contributed by atoms with Gasteiger partial charge in [0.05, 0.1) is 0 Å². The Balaban J connectivity index is 2.16. The van der Waals surface area contributed by atoms with Gasteiger partial charge in [-0.3, -0.25) is 0 Å². The topological polar surface area (TPSA) is 21.3 Å². The van der Waals surface area contributed by atoms with Crippen molar-refractivity contribution in [1.29, 1.82) is 0 Å². The van der Waals surface area contributed by atoms with Crippen molar-refractivity contribution in [2.24, 2.45) is 0 Å². The third-order valence-electron chi connectivity index (χ3n) is 3.07.